The Hall–Kier alpha value is -2.17. The average molecular weight is 216 g/mol. The molecule has 0 aliphatic heterocycles. The molecule has 0 aliphatic rings. The number of aromatic amines is 1. The second-order valence-electron chi connectivity index (χ2n) is 3.41. The molecule has 5 heteroatoms. The molecule has 0 aliphatic carbocycles. The Bertz CT molecular complexity index is 478. The van der Waals surface area contributed by atoms with Gasteiger partial charge in [0.1, 0.15) is 5.69 Å². The van der Waals surface area contributed by atoms with Crippen molar-refractivity contribution in [3.8, 4) is 0 Å². The van der Waals surface area contributed by atoms with Gasteiger partial charge in [0.25, 0.3) is 5.91 Å². The molecule has 82 valence electrons. The first-order valence-electron chi connectivity index (χ1n) is 4.94. The van der Waals surface area contributed by atoms with E-state index >= 15 is 0 Å². The fraction of sp³-hybridized carbons (Fsp3) is 0.182. The molecule has 0 spiro atoms. The average Bonchev–Trinajstić information content (AvgIpc) is 2.74. The fourth-order valence-corrected chi connectivity index (χ4v) is 1.35. The van der Waals surface area contributed by atoms with Crippen molar-refractivity contribution >= 4 is 5.91 Å². The molecule has 2 aromatic rings. The third-order valence-electron chi connectivity index (χ3n) is 2.25. The number of imidazole rings is 1. The number of H-pyrrole nitrogens is 1. The van der Waals surface area contributed by atoms with E-state index in [0.29, 0.717) is 12.2 Å². The molecule has 0 saturated heterocycles. The number of nitrogens with one attached hydrogen (secondary N) is 2. The monoisotopic (exact) mass is 216 g/mol. The lowest BCUT2D eigenvalue weighted by Crippen LogP contribution is -2.23. The molecule has 0 saturated carbocycles. The molecule has 2 rings (SSSR count). The minimum absolute atomic E-state index is 0.171. The third kappa shape index (κ3) is 2.25. The van der Waals surface area contributed by atoms with Gasteiger partial charge in [0.2, 0.25) is 0 Å². The predicted molar refractivity (Wildman–Crippen MR) is 58.7 cm³/mol. The van der Waals surface area contributed by atoms with E-state index in [1.54, 1.807) is 12.4 Å². The number of aryl methyl sites for hydroxylation is 1. The highest BCUT2D eigenvalue weighted by molar-refractivity contribution is 5.93. The largest absolute Gasteiger partial charge is 0.348 e. The van der Waals surface area contributed by atoms with Gasteiger partial charge < -0.3 is 10.3 Å². The normalized spacial score (nSPS) is 10.1. The number of pyridine rings is 1. The van der Waals surface area contributed by atoms with Crippen LogP contribution in [0.3, 0.4) is 0 Å². The lowest BCUT2D eigenvalue weighted by Gasteiger charge is -2.03. The molecule has 2 N–H and O–H groups in total. The fourth-order valence-electron chi connectivity index (χ4n) is 1.35. The summed E-state index contributed by atoms with van der Waals surface area (Å²) in [7, 11) is 0. The lowest BCUT2D eigenvalue weighted by molar-refractivity contribution is 0.0946. The zero-order valence-electron chi connectivity index (χ0n) is 8.90. The third-order valence-corrected chi connectivity index (χ3v) is 2.25. The molecule has 0 bridgehead atoms. The van der Waals surface area contributed by atoms with Crippen LogP contribution in [-0.4, -0.2) is 20.9 Å². The molecule has 2 aromatic heterocycles. The number of nitrogens with zero attached hydrogens (tertiary/aromatic N) is 2. The molecule has 0 aromatic carbocycles. The Balaban J connectivity index is 1.97. The van der Waals surface area contributed by atoms with Crippen LogP contribution in [0.15, 0.2) is 30.9 Å². The van der Waals surface area contributed by atoms with E-state index in [1.165, 1.54) is 6.33 Å². The van der Waals surface area contributed by atoms with E-state index in [1.807, 2.05) is 19.1 Å². The summed E-state index contributed by atoms with van der Waals surface area (Å²) in [5.41, 5.74) is 2.22. The van der Waals surface area contributed by atoms with Gasteiger partial charge in [-0.3, -0.25) is 9.78 Å². The van der Waals surface area contributed by atoms with Crippen molar-refractivity contribution in [2.24, 2.45) is 0 Å². The van der Waals surface area contributed by atoms with Gasteiger partial charge in [-0.1, -0.05) is 0 Å². The lowest BCUT2D eigenvalue weighted by atomic mass is 10.2. The number of amides is 1. The first kappa shape index (κ1) is 10.4. The predicted octanol–water partition coefficient (Wildman–Crippen LogP) is 1.04. The van der Waals surface area contributed by atoms with Crippen molar-refractivity contribution in [3.05, 3.63) is 47.8 Å². The van der Waals surface area contributed by atoms with Crippen LogP contribution in [0.4, 0.5) is 0 Å². The van der Waals surface area contributed by atoms with Gasteiger partial charge in [-0.25, -0.2) is 4.98 Å². The highest BCUT2D eigenvalue weighted by Gasteiger charge is 2.10. The maximum atomic E-state index is 11.7. The maximum Gasteiger partial charge on any atom is 0.272 e. The van der Waals surface area contributed by atoms with Gasteiger partial charge >= 0.3 is 0 Å². The molecule has 1 amide bonds. The summed E-state index contributed by atoms with van der Waals surface area (Å²) < 4.78 is 0. The summed E-state index contributed by atoms with van der Waals surface area (Å²) in [6, 6.07) is 3.72. The Morgan fingerprint density at radius 3 is 2.81 bits per heavy atom. The van der Waals surface area contributed by atoms with Crippen LogP contribution in [0.5, 0.6) is 0 Å². The van der Waals surface area contributed by atoms with Crippen LogP contribution in [0.1, 0.15) is 21.7 Å². The van der Waals surface area contributed by atoms with Crippen molar-refractivity contribution in [1.82, 2.24) is 20.3 Å². The standard InChI is InChI=1S/C11H12N4O/c1-8-10(15-7-14-8)11(16)13-6-9-2-4-12-5-3-9/h2-5,7H,6H2,1H3,(H,13,16)(H,14,15). The summed E-state index contributed by atoms with van der Waals surface area (Å²) in [4.78, 5) is 22.4. The van der Waals surface area contributed by atoms with Crippen LogP contribution in [0.25, 0.3) is 0 Å². The number of hydrogen-bond acceptors (Lipinski definition) is 3. The number of carbonyl (C=O) groups is 1. The Labute approximate surface area is 92.9 Å². The molecule has 0 unspecified atom stereocenters. The van der Waals surface area contributed by atoms with Crippen molar-refractivity contribution in [2.45, 2.75) is 13.5 Å². The zero-order chi connectivity index (χ0) is 11.4. The Morgan fingerprint density at radius 1 is 1.44 bits per heavy atom. The summed E-state index contributed by atoms with van der Waals surface area (Å²) >= 11 is 0. The van der Waals surface area contributed by atoms with Gasteiger partial charge in [0, 0.05) is 24.6 Å². The van der Waals surface area contributed by atoms with Gasteiger partial charge in [-0.15, -0.1) is 0 Å². The van der Waals surface area contributed by atoms with Crippen molar-refractivity contribution in [3.63, 3.8) is 0 Å². The molecule has 0 atom stereocenters. The van der Waals surface area contributed by atoms with E-state index in [0.717, 1.165) is 11.3 Å². The van der Waals surface area contributed by atoms with Gasteiger partial charge in [-0.2, -0.15) is 0 Å². The van der Waals surface area contributed by atoms with Crippen molar-refractivity contribution in [1.29, 1.82) is 0 Å². The molecule has 0 fully saturated rings. The summed E-state index contributed by atoms with van der Waals surface area (Å²) in [6.45, 7) is 2.29. The first-order valence-corrected chi connectivity index (χ1v) is 4.94. The molecule has 16 heavy (non-hydrogen) atoms. The van der Waals surface area contributed by atoms with Crippen LogP contribution in [0, 0.1) is 6.92 Å². The first-order chi connectivity index (χ1) is 7.77. The van der Waals surface area contributed by atoms with E-state index in [4.69, 9.17) is 0 Å². The smallest absolute Gasteiger partial charge is 0.272 e. The van der Waals surface area contributed by atoms with E-state index < -0.39 is 0 Å². The number of rotatable bonds is 3. The molecular formula is C11H12N4O. The van der Waals surface area contributed by atoms with E-state index in [9.17, 15) is 4.79 Å². The topological polar surface area (TPSA) is 70.7 Å². The SMILES string of the molecule is Cc1[nH]cnc1C(=O)NCc1ccncc1. The van der Waals surface area contributed by atoms with E-state index in [-0.39, 0.29) is 5.91 Å². The van der Waals surface area contributed by atoms with Crippen molar-refractivity contribution in [2.75, 3.05) is 0 Å². The van der Waals surface area contributed by atoms with Gasteiger partial charge in [0.15, 0.2) is 0 Å². The van der Waals surface area contributed by atoms with E-state index in [2.05, 4.69) is 20.3 Å². The Morgan fingerprint density at radius 2 is 2.19 bits per heavy atom. The van der Waals surface area contributed by atoms with Gasteiger partial charge in [-0.05, 0) is 24.6 Å². The van der Waals surface area contributed by atoms with Crippen LogP contribution in [-0.2, 0) is 6.54 Å². The highest BCUT2D eigenvalue weighted by atomic mass is 16.1. The second kappa shape index (κ2) is 4.57. The zero-order valence-corrected chi connectivity index (χ0v) is 8.90. The van der Waals surface area contributed by atoms with Crippen molar-refractivity contribution < 1.29 is 4.79 Å². The number of hydrogen-bond donors (Lipinski definition) is 2. The Kier molecular flexibility index (Phi) is 2.95. The summed E-state index contributed by atoms with van der Waals surface area (Å²) in [5, 5.41) is 2.79. The second-order valence-corrected chi connectivity index (χ2v) is 3.41. The molecule has 5 nitrogen and oxygen atoms in total. The maximum absolute atomic E-state index is 11.7. The summed E-state index contributed by atoms with van der Waals surface area (Å²) in [6.07, 6.45) is 4.90. The quantitative estimate of drug-likeness (QED) is 0.805. The highest BCUT2D eigenvalue weighted by Crippen LogP contribution is 2.01. The summed E-state index contributed by atoms with van der Waals surface area (Å²) in [5.74, 6) is -0.171. The van der Waals surface area contributed by atoms with Gasteiger partial charge in [0.05, 0.1) is 6.33 Å². The number of carbonyl (C=O) groups excluding carboxylic acids is 1. The number of aromatic nitrogens is 3. The minimum Gasteiger partial charge on any atom is -0.348 e. The minimum atomic E-state index is -0.171. The van der Waals surface area contributed by atoms with Crippen LogP contribution < -0.4 is 5.32 Å². The molecular weight excluding hydrogens is 204 g/mol. The molecule has 0 radical (unpaired) electrons. The molecule has 2 heterocycles. The van der Waals surface area contributed by atoms with Crippen LogP contribution in [0.2, 0.25) is 0 Å². The van der Waals surface area contributed by atoms with Crippen LogP contribution >= 0.6 is 0 Å².